The molecule has 2 fully saturated rings. The standard InChI is InChI=1S/C90H127B2N6O19P/c1-13-15-17-19-21-23-25-27-29-31-33-35-37-39-81(99)106-64-74(111-82(100)40-38-36-34-32-30-28-26-24-22-20-18-16-14-2)65-110-118(104,105)109-56-55-98(11,12)61-72-60-97(96-95-72)73-51-54-76-75(59-73)83(101)113-90(76)77-52-49-70(93-84(102)107-62-66-41-45-68(46-42-66)91-114-86(3,4)87(5,6)115-91)57-79(77)112-80-58-71(50-53-78(80)90)94-85(103)108-63-67-43-47-69(48-44-67)92-116-88(7,8)89(9,10)117-92/h41-54,57-60,74H,13-40,55-56,61-65H2,1-12H3,(H2-,93,94,102,103,104,105). The van der Waals surface area contributed by atoms with Gasteiger partial charge in [-0.15, -0.1) is 5.10 Å². The molecule has 10 rings (SSSR count). The number of nitrogens with zero attached hydrogens (tertiary/aromatic N) is 4. The summed E-state index contributed by atoms with van der Waals surface area (Å²) in [7, 11) is -2.33. The number of carbonyl (C=O) groups is 5. The van der Waals surface area contributed by atoms with Crippen molar-refractivity contribution in [3.05, 3.63) is 148 Å². The summed E-state index contributed by atoms with van der Waals surface area (Å²) in [6.45, 7) is 19.5. The number of phosphoric acid groups is 1. The Kier molecular flexibility index (Phi) is 33.6. The summed E-state index contributed by atoms with van der Waals surface area (Å²) in [6.07, 6.45) is 29.7. The van der Waals surface area contributed by atoms with Gasteiger partial charge in [-0.1, -0.05) is 228 Å². The SMILES string of the molecule is CCCCCCCCCCCCCCCC(=O)OCC(COP(=O)([O-])OCC[N+](C)(C)Cc1cn(-c2ccc3c(c2)C(=O)OC32c3ccc(NC(=O)OCc4ccc(B5OC(C)(C)C(C)(C)O5)cc4)cc3Oc3cc(NC(=O)OCc4ccc(B5OC(C)(C)C(C)(C)O5)cc4)ccc32)nn1)OC(=O)CCCCCCCCCCCCCCC. The summed E-state index contributed by atoms with van der Waals surface area (Å²) in [5.74, 6) is -1.18. The molecular weight excluding hydrogens is 1520 g/mol. The lowest BCUT2D eigenvalue weighted by Crippen LogP contribution is -2.41. The summed E-state index contributed by atoms with van der Waals surface area (Å²) >= 11 is 0. The molecule has 0 aliphatic carbocycles. The molecule has 2 saturated heterocycles. The lowest BCUT2D eigenvalue weighted by Gasteiger charge is -2.36. The molecule has 642 valence electrons. The van der Waals surface area contributed by atoms with Crippen LogP contribution in [0.3, 0.4) is 0 Å². The van der Waals surface area contributed by atoms with Gasteiger partial charge in [-0.25, -0.2) is 19.1 Å². The van der Waals surface area contributed by atoms with Gasteiger partial charge in [0, 0.05) is 53.0 Å². The van der Waals surface area contributed by atoms with Crippen LogP contribution in [0.25, 0.3) is 5.69 Å². The quantitative estimate of drug-likeness (QED) is 0.00896. The third-order valence-electron chi connectivity index (χ3n) is 23.5. The number of nitrogens with one attached hydrogen (secondary N) is 2. The molecule has 1 aromatic heterocycles. The highest BCUT2D eigenvalue weighted by Gasteiger charge is 2.55. The zero-order valence-corrected chi connectivity index (χ0v) is 72.8. The number of esters is 3. The van der Waals surface area contributed by atoms with Crippen LogP contribution in [-0.4, -0.2) is 133 Å². The molecule has 0 bridgehead atoms. The number of rotatable bonds is 49. The van der Waals surface area contributed by atoms with Crippen LogP contribution < -0.4 is 31.2 Å². The average molecular weight is 1650 g/mol. The molecule has 28 heteroatoms. The number of unbranched alkanes of at least 4 members (excludes halogenated alkanes) is 24. The Morgan fingerprint density at radius 3 is 1.40 bits per heavy atom. The topological polar surface area (TPSA) is 291 Å². The molecule has 5 heterocycles. The van der Waals surface area contributed by atoms with Crippen molar-refractivity contribution in [3.8, 4) is 17.2 Å². The van der Waals surface area contributed by atoms with E-state index in [1.165, 1.54) is 120 Å². The number of phosphoric ester groups is 1. The number of hydrogen-bond donors (Lipinski definition) is 2. The lowest BCUT2D eigenvalue weighted by atomic mass is 9.77. The van der Waals surface area contributed by atoms with Gasteiger partial charge in [-0.05, 0) is 127 Å². The fourth-order valence-corrected chi connectivity index (χ4v) is 15.7. The molecule has 0 radical (unpaired) electrons. The van der Waals surface area contributed by atoms with Gasteiger partial charge in [0.15, 0.2) is 11.7 Å². The van der Waals surface area contributed by atoms with Gasteiger partial charge in [0.25, 0.3) is 7.82 Å². The Hall–Kier alpha value is -7.97. The molecule has 1 spiro atoms. The van der Waals surface area contributed by atoms with Crippen molar-refractivity contribution in [1.29, 1.82) is 0 Å². The second-order valence-electron chi connectivity index (χ2n) is 34.7. The molecule has 25 nitrogen and oxygen atoms in total. The zero-order chi connectivity index (χ0) is 84.6. The van der Waals surface area contributed by atoms with Crippen molar-refractivity contribution >= 4 is 74.5 Å². The first-order valence-corrected chi connectivity index (χ1v) is 44.6. The largest absolute Gasteiger partial charge is 0.756 e. The van der Waals surface area contributed by atoms with Gasteiger partial charge in [0.05, 0.1) is 60.6 Å². The number of anilines is 2. The van der Waals surface area contributed by atoms with Gasteiger partial charge >= 0.3 is 44.3 Å². The van der Waals surface area contributed by atoms with Crippen LogP contribution >= 0.6 is 7.82 Å². The van der Waals surface area contributed by atoms with E-state index in [4.69, 9.17) is 56.1 Å². The Bertz CT molecular complexity index is 4150. The molecule has 0 saturated carbocycles. The number of likely N-dealkylation sites (N-methyl/N-ethyl adjacent to an activating group) is 1. The number of aromatic nitrogens is 3. The minimum atomic E-state index is -4.97. The van der Waals surface area contributed by atoms with Crippen molar-refractivity contribution < 1.29 is 94.0 Å². The van der Waals surface area contributed by atoms with Crippen LogP contribution in [0.15, 0.2) is 109 Å². The van der Waals surface area contributed by atoms with E-state index in [1.54, 1.807) is 60.8 Å². The van der Waals surface area contributed by atoms with E-state index in [-0.39, 0.29) is 73.9 Å². The van der Waals surface area contributed by atoms with E-state index >= 15 is 0 Å². The monoisotopic (exact) mass is 1650 g/mol. The molecule has 2 atom stereocenters. The number of quaternary nitrogens is 1. The van der Waals surface area contributed by atoms with Crippen molar-refractivity contribution in [2.45, 2.75) is 303 Å². The average Bonchev–Trinajstić information content (AvgIpc) is 1.50. The van der Waals surface area contributed by atoms with E-state index in [0.717, 1.165) is 60.6 Å². The van der Waals surface area contributed by atoms with E-state index < -0.39 is 92.9 Å². The van der Waals surface area contributed by atoms with Crippen LogP contribution in [0, 0.1) is 0 Å². The predicted molar refractivity (Wildman–Crippen MR) is 453 cm³/mol. The number of benzene rings is 5. The first-order valence-electron chi connectivity index (χ1n) is 43.2. The summed E-state index contributed by atoms with van der Waals surface area (Å²) in [5, 5.41) is 14.5. The van der Waals surface area contributed by atoms with E-state index in [9.17, 15) is 33.4 Å². The Morgan fingerprint density at radius 1 is 0.525 bits per heavy atom. The maximum Gasteiger partial charge on any atom is 0.494 e. The molecule has 118 heavy (non-hydrogen) atoms. The zero-order valence-electron chi connectivity index (χ0n) is 71.9. The number of carbonyl (C=O) groups excluding carboxylic acids is 5. The third-order valence-corrected chi connectivity index (χ3v) is 24.5. The molecule has 4 aliphatic rings. The second-order valence-corrected chi connectivity index (χ2v) is 36.1. The first-order chi connectivity index (χ1) is 56.4. The molecule has 5 aromatic carbocycles. The highest BCUT2D eigenvalue weighted by atomic mass is 31.2. The summed E-state index contributed by atoms with van der Waals surface area (Å²) in [5.41, 5.74) is 2.64. The number of fused-ring (bicyclic) bond motifs is 6. The van der Waals surface area contributed by atoms with Crippen LogP contribution in [-0.2, 0) is 90.9 Å². The smallest absolute Gasteiger partial charge is 0.494 e. The van der Waals surface area contributed by atoms with Crippen molar-refractivity contribution in [2.75, 3.05) is 51.1 Å². The number of ether oxygens (including phenoxy) is 6. The molecule has 4 aliphatic heterocycles. The predicted octanol–water partition coefficient (Wildman–Crippen LogP) is 18.4. The fraction of sp³-hybridized carbons (Fsp3) is 0.589. The van der Waals surface area contributed by atoms with Crippen molar-refractivity contribution in [1.82, 2.24) is 15.0 Å². The lowest BCUT2D eigenvalue weighted by molar-refractivity contribution is -0.904. The van der Waals surface area contributed by atoms with Gasteiger partial charge in [0.1, 0.15) is 56.7 Å². The van der Waals surface area contributed by atoms with Crippen LogP contribution in [0.1, 0.15) is 293 Å². The first kappa shape index (κ1) is 92.3. The molecule has 2 unspecified atom stereocenters. The van der Waals surface area contributed by atoms with Crippen molar-refractivity contribution in [3.63, 3.8) is 0 Å². The van der Waals surface area contributed by atoms with Gasteiger partial charge in [0.2, 0.25) is 0 Å². The second kappa shape index (κ2) is 43.0. The van der Waals surface area contributed by atoms with Crippen molar-refractivity contribution in [2.24, 2.45) is 0 Å². The number of amides is 2. The molecular formula is C90H127B2N6O19P. The highest BCUT2D eigenvalue weighted by Crippen LogP contribution is 2.57. The normalized spacial score (nSPS) is 16.6. The van der Waals surface area contributed by atoms with E-state index in [0.29, 0.717) is 52.3 Å². The van der Waals surface area contributed by atoms with Crippen LogP contribution in [0.2, 0.25) is 0 Å². The van der Waals surface area contributed by atoms with E-state index in [1.807, 2.05) is 118 Å². The Morgan fingerprint density at radius 2 is 0.949 bits per heavy atom. The maximum absolute atomic E-state index is 14.6. The number of hydrogen-bond acceptors (Lipinski definition) is 21. The molecule has 6 aromatic rings. The minimum absolute atomic E-state index is 0.0454. The Labute approximate surface area is 699 Å². The van der Waals surface area contributed by atoms with Crippen LogP contribution in [0.4, 0.5) is 21.0 Å². The highest BCUT2D eigenvalue weighted by molar-refractivity contribution is 7.45. The van der Waals surface area contributed by atoms with Gasteiger partial charge in [-0.2, -0.15) is 0 Å². The van der Waals surface area contributed by atoms with Gasteiger partial charge in [-0.3, -0.25) is 24.8 Å². The molecule has 2 N–H and O–H groups in total. The summed E-state index contributed by atoms with van der Waals surface area (Å²) in [4.78, 5) is 81.2. The minimum Gasteiger partial charge on any atom is -0.756 e. The summed E-state index contributed by atoms with van der Waals surface area (Å²) in [6, 6.07) is 30.0. The Balaban J connectivity index is 0.753. The van der Waals surface area contributed by atoms with Gasteiger partial charge < -0.3 is 65.5 Å². The third kappa shape index (κ3) is 26.3. The summed E-state index contributed by atoms with van der Waals surface area (Å²) < 4.78 is 86.6. The fourth-order valence-electron chi connectivity index (χ4n) is 14.9. The van der Waals surface area contributed by atoms with E-state index in [2.05, 4.69) is 34.8 Å². The maximum atomic E-state index is 14.6. The van der Waals surface area contributed by atoms with Crippen LogP contribution in [0.5, 0.6) is 11.5 Å². The molecule has 2 amide bonds.